The van der Waals surface area contributed by atoms with Gasteiger partial charge in [-0.25, -0.2) is 12.8 Å². The standard InChI is InChI=1S/C19H23FN2O3S/c1-13-5-10-16(26(4,24)25)11-17(13)19(23)21-12-18(22(2)3)14-6-8-15(20)9-7-14/h5-11,18H,12H2,1-4H3,(H,21,23). The Bertz CT molecular complexity index is 894. The third-order valence-corrected chi connectivity index (χ3v) is 5.33. The zero-order valence-electron chi connectivity index (χ0n) is 15.3. The van der Waals surface area contributed by atoms with E-state index in [-0.39, 0.29) is 22.7 Å². The molecule has 140 valence electrons. The first-order valence-corrected chi connectivity index (χ1v) is 9.99. The van der Waals surface area contributed by atoms with Crippen LogP contribution in [0, 0.1) is 12.7 Å². The van der Waals surface area contributed by atoms with Crippen molar-refractivity contribution in [2.75, 3.05) is 26.9 Å². The molecular weight excluding hydrogens is 355 g/mol. The Morgan fingerprint density at radius 2 is 1.77 bits per heavy atom. The zero-order valence-corrected chi connectivity index (χ0v) is 16.1. The number of carbonyl (C=O) groups excluding carboxylic acids is 1. The van der Waals surface area contributed by atoms with E-state index in [1.54, 1.807) is 25.1 Å². The van der Waals surface area contributed by atoms with Crippen molar-refractivity contribution in [3.05, 3.63) is 65.0 Å². The molecule has 0 saturated carbocycles. The first-order valence-electron chi connectivity index (χ1n) is 8.10. The summed E-state index contributed by atoms with van der Waals surface area (Å²) in [5, 5.41) is 2.84. The van der Waals surface area contributed by atoms with E-state index in [2.05, 4.69) is 5.32 Å². The Balaban J connectivity index is 2.19. The molecular formula is C19H23FN2O3S. The van der Waals surface area contributed by atoms with Gasteiger partial charge in [-0.3, -0.25) is 4.79 Å². The van der Waals surface area contributed by atoms with Crippen molar-refractivity contribution < 1.29 is 17.6 Å². The molecule has 0 fully saturated rings. The third kappa shape index (κ3) is 4.89. The number of hydrogen-bond acceptors (Lipinski definition) is 4. The summed E-state index contributed by atoms with van der Waals surface area (Å²) in [5.41, 5.74) is 1.89. The van der Waals surface area contributed by atoms with Gasteiger partial charge >= 0.3 is 0 Å². The van der Waals surface area contributed by atoms with Gasteiger partial charge < -0.3 is 10.2 Å². The molecule has 0 radical (unpaired) electrons. The lowest BCUT2D eigenvalue weighted by atomic mass is 10.0. The van der Waals surface area contributed by atoms with Crippen molar-refractivity contribution in [3.8, 4) is 0 Å². The summed E-state index contributed by atoms with van der Waals surface area (Å²) in [6.45, 7) is 2.06. The lowest BCUT2D eigenvalue weighted by Gasteiger charge is -2.25. The Kier molecular flexibility index (Phi) is 6.15. The van der Waals surface area contributed by atoms with Gasteiger partial charge in [0.1, 0.15) is 5.82 Å². The number of likely N-dealkylation sites (N-methyl/N-ethyl adjacent to an activating group) is 1. The molecule has 0 aliphatic carbocycles. The van der Waals surface area contributed by atoms with Gasteiger partial charge in [-0.15, -0.1) is 0 Å². The van der Waals surface area contributed by atoms with Crippen LogP contribution in [-0.4, -0.2) is 46.1 Å². The molecule has 2 aromatic carbocycles. The smallest absolute Gasteiger partial charge is 0.251 e. The highest BCUT2D eigenvalue weighted by Gasteiger charge is 2.18. The van der Waals surface area contributed by atoms with Gasteiger partial charge in [0.2, 0.25) is 0 Å². The third-order valence-electron chi connectivity index (χ3n) is 4.22. The molecule has 2 rings (SSSR count). The lowest BCUT2D eigenvalue weighted by molar-refractivity contribution is 0.0941. The van der Waals surface area contributed by atoms with Gasteiger partial charge in [0.15, 0.2) is 9.84 Å². The van der Waals surface area contributed by atoms with Crippen LogP contribution in [0.1, 0.15) is 27.5 Å². The fourth-order valence-electron chi connectivity index (χ4n) is 2.64. The summed E-state index contributed by atoms with van der Waals surface area (Å²) in [6.07, 6.45) is 1.11. The number of hydrogen-bond donors (Lipinski definition) is 1. The molecule has 0 aliphatic heterocycles. The van der Waals surface area contributed by atoms with Gasteiger partial charge in [-0.05, 0) is 56.4 Å². The summed E-state index contributed by atoms with van der Waals surface area (Å²) in [6, 6.07) is 10.5. The molecule has 0 saturated heterocycles. The molecule has 1 N–H and O–H groups in total. The van der Waals surface area contributed by atoms with Crippen LogP contribution in [0.3, 0.4) is 0 Å². The SMILES string of the molecule is Cc1ccc(S(C)(=O)=O)cc1C(=O)NCC(c1ccc(F)cc1)N(C)C. The number of sulfone groups is 1. The van der Waals surface area contributed by atoms with Crippen molar-refractivity contribution in [2.24, 2.45) is 0 Å². The Morgan fingerprint density at radius 1 is 1.15 bits per heavy atom. The minimum atomic E-state index is -3.39. The molecule has 1 amide bonds. The maximum Gasteiger partial charge on any atom is 0.251 e. The van der Waals surface area contributed by atoms with E-state index >= 15 is 0 Å². The summed E-state index contributed by atoms with van der Waals surface area (Å²) in [4.78, 5) is 14.6. The highest BCUT2D eigenvalue weighted by atomic mass is 32.2. The van der Waals surface area contributed by atoms with E-state index in [0.717, 1.165) is 11.8 Å². The number of aryl methyl sites for hydroxylation is 1. The molecule has 0 spiro atoms. The van der Waals surface area contributed by atoms with Crippen LogP contribution in [0.5, 0.6) is 0 Å². The van der Waals surface area contributed by atoms with Gasteiger partial charge in [0.25, 0.3) is 5.91 Å². The molecule has 1 atom stereocenters. The Morgan fingerprint density at radius 3 is 2.31 bits per heavy atom. The van der Waals surface area contributed by atoms with Gasteiger partial charge in [0, 0.05) is 18.4 Å². The van der Waals surface area contributed by atoms with Crippen LogP contribution in [-0.2, 0) is 9.84 Å². The first kappa shape index (κ1) is 20.1. The molecule has 0 bridgehead atoms. The largest absolute Gasteiger partial charge is 0.350 e. The summed E-state index contributed by atoms with van der Waals surface area (Å²) >= 11 is 0. The van der Waals surface area contributed by atoms with Crippen LogP contribution in [0.4, 0.5) is 4.39 Å². The average Bonchev–Trinajstić information content (AvgIpc) is 2.55. The second-order valence-electron chi connectivity index (χ2n) is 6.49. The van der Waals surface area contributed by atoms with Crippen LogP contribution in [0.15, 0.2) is 47.4 Å². The van der Waals surface area contributed by atoms with Crippen molar-refractivity contribution >= 4 is 15.7 Å². The first-order chi connectivity index (χ1) is 12.1. The molecule has 5 nitrogen and oxygen atoms in total. The number of nitrogens with zero attached hydrogens (tertiary/aromatic N) is 1. The van der Waals surface area contributed by atoms with Crippen LogP contribution >= 0.6 is 0 Å². The highest BCUT2D eigenvalue weighted by Crippen LogP contribution is 2.19. The predicted octanol–water partition coefficient (Wildman–Crippen LogP) is 2.57. The quantitative estimate of drug-likeness (QED) is 0.839. The maximum absolute atomic E-state index is 13.1. The number of benzene rings is 2. The van der Waals surface area contributed by atoms with Crippen molar-refractivity contribution in [1.82, 2.24) is 10.2 Å². The lowest BCUT2D eigenvalue weighted by Crippen LogP contribution is -2.34. The Labute approximate surface area is 153 Å². The second-order valence-corrected chi connectivity index (χ2v) is 8.51. The van der Waals surface area contributed by atoms with E-state index in [4.69, 9.17) is 0 Å². The van der Waals surface area contributed by atoms with Gasteiger partial charge in [-0.2, -0.15) is 0 Å². The second kappa shape index (κ2) is 7.97. The number of nitrogens with one attached hydrogen (secondary N) is 1. The summed E-state index contributed by atoms with van der Waals surface area (Å²) < 4.78 is 36.6. The van der Waals surface area contributed by atoms with E-state index in [1.807, 2.05) is 19.0 Å². The van der Waals surface area contributed by atoms with Crippen LogP contribution < -0.4 is 5.32 Å². The molecule has 7 heteroatoms. The average molecular weight is 378 g/mol. The number of amides is 1. The molecule has 0 aromatic heterocycles. The topological polar surface area (TPSA) is 66.5 Å². The van der Waals surface area contributed by atoms with Gasteiger partial charge in [-0.1, -0.05) is 18.2 Å². The van der Waals surface area contributed by atoms with Crippen LogP contribution in [0.25, 0.3) is 0 Å². The molecule has 0 heterocycles. The van der Waals surface area contributed by atoms with Crippen LogP contribution in [0.2, 0.25) is 0 Å². The predicted molar refractivity (Wildman–Crippen MR) is 99.5 cm³/mol. The fraction of sp³-hybridized carbons (Fsp3) is 0.316. The Hall–Kier alpha value is -2.25. The molecule has 1 unspecified atom stereocenters. The van der Waals surface area contributed by atoms with Crippen molar-refractivity contribution in [2.45, 2.75) is 17.9 Å². The normalized spacial score (nSPS) is 12.8. The number of halogens is 1. The molecule has 2 aromatic rings. The maximum atomic E-state index is 13.1. The highest BCUT2D eigenvalue weighted by molar-refractivity contribution is 7.90. The molecule has 0 aliphatic rings. The van der Waals surface area contributed by atoms with E-state index in [1.165, 1.54) is 24.3 Å². The molecule has 26 heavy (non-hydrogen) atoms. The van der Waals surface area contributed by atoms with E-state index in [9.17, 15) is 17.6 Å². The van der Waals surface area contributed by atoms with Crippen molar-refractivity contribution in [1.29, 1.82) is 0 Å². The van der Waals surface area contributed by atoms with Crippen molar-refractivity contribution in [3.63, 3.8) is 0 Å². The fourth-order valence-corrected chi connectivity index (χ4v) is 3.29. The summed E-state index contributed by atoms with van der Waals surface area (Å²) in [7, 11) is 0.350. The van der Waals surface area contributed by atoms with E-state index in [0.29, 0.717) is 17.7 Å². The number of carbonyl (C=O) groups is 1. The van der Waals surface area contributed by atoms with Gasteiger partial charge in [0.05, 0.1) is 10.9 Å². The zero-order chi connectivity index (χ0) is 19.5. The summed E-state index contributed by atoms with van der Waals surface area (Å²) in [5.74, 6) is -0.662. The minimum Gasteiger partial charge on any atom is -0.350 e. The van der Waals surface area contributed by atoms with E-state index < -0.39 is 9.84 Å². The number of rotatable bonds is 6. The minimum absolute atomic E-state index is 0.107. The monoisotopic (exact) mass is 378 g/mol.